The van der Waals surface area contributed by atoms with E-state index in [1.54, 1.807) is 12.4 Å². The largest absolute Gasteiger partial charge is 0.439 e. The maximum Gasteiger partial charge on any atom is 0.439 e. The molecule has 1 saturated carbocycles. The van der Waals surface area contributed by atoms with Gasteiger partial charge in [-0.05, 0) is 42.4 Å². The van der Waals surface area contributed by atoms with Crippen LogP contribution in [0.25, 0.3) is 33.8 Å². The quantitative estimate of drug-likeness (QED) is 0.262. The molecule has 1 N–H and O–H groups in total. The van der Waals surface area contributed by atoms with Crippen molar-refractivity contribution in [3.8, 4) is 22.8 Å². The van der Waals surface area contributed by atoms with Gasteiger partial charge >= 0.3 is 5.76 Å². The van der Waals surface area contributed by atoms with Crippen LogP contribution in [0.1, 0.15) is 44.2 Å². The molecule has 0 unspecified atom stereocenters. The van der Waals surface area contributed by atoms with Crippen LogP contribution in [-0.4, -0.2) is 49.4 Å². The molecule has 0 amide bonds. The molecule has 42 heavy (non-hydrogen) atoms. The van der Waals surface area contributed by atoms with Crippen molar-refractivity contribution in [1.82, 2.24) is 29.7 Å². The molecule has 2 aliphatic rings. The van der Waals surface area contributed by atoms with Gasteiger partial charge in [0.05, 0.1) is 41.0 Å². The number of benzene rings is 1. The van der Waals surface area contributed by atoms with Crippen molar-refractivity contribution in [3.63, 3.8) is 0 Å². The lowest BCUT2D eigenvalue weighted by molar-refractivity contribution is 0.0927. The van der Waals surface area contributed by atoms with Crippen LogP contribution in [-0.2, 0) is 11.3 Å². The molecule has 4 aromatic heterocycles. The predicted octanol–water partition coefficient (Wildman–Crippen LogP) is 5.89. The lowest BCUT2D eigenvalue weighted by Gasteiger charge is -2.37. The minimum absolute atomic E-state index is 0.0116. The molecule has 11 heteroatoms. The fourth-order valence-corrected chi connectivity index (χ4v) is 6.48. The van der Waals surface area contributed by atoms with Crippen LogP contribution >= 0.6 is 11.6 Å². The van der Waals surface area contributed by atoms with E-state index in [4.69, 9.17) is 30.8 Å². The van der Waals surface area contributed by atoms with Gasteiger partial charge in [-0.3, -0.25) is 14.5 Å². The van der Waals surface area contributed by atoms with Crippen molar-refractivity contribution in [2.45, 2.75) is 45.2 Å². The Morgan fingerprint density at radius 1 is 1.07 bits per heavy atom. The number of hydrogen-bond donors (Lipinski definition) is 1. The molecular weight excluding hydrogens is 554 g/mol. The topological polar surface area (TPSA) is 115 Å². The highest BCUT2D eigenvalue weighted by Crippen LogP contribution is 2.39. The molecule has 1 aromatic carbocycles. The summed E-state index contributed by atoms with van der Waals surface area (Å²) < 4.78 is 13.1. The van der Waals surface area contributed by atoms with E-state index >= 15 is 0 Å². The van der Waals surface area contributed by atoms with E-state index in [1.165, 1.54) is 31.2 Å². The van der Waals surface area contributed by atoms with Crippen LogP contribution in [0, 0.1) is 11.8 Å². The third-order valence-corrected chi connectivity index (χ3v) is 8.72. The molecule has 7 rings (SSSR count). The van der Waals surface area contributed by atoms with Gasteiger partial charge in [-0.25, -0.2) is 14.8 Å². The van der Waals surface area contributed by atoms with Crippen LogP contribution in [0.5, 0.6) is 0 Å². The molecule has 10 nitrogen and oxygen atoms in total. The number of morpholine rings is 1. The monoisotopic (exact) mass is 585 g/mol. The zero-order chi connectivity index (χ0) is 28.6. The first-order chi connectivity index (χ1) is 20.5. The van der Waals surface area contributed by atoms with Crippen molar-refractivity contribution in [2.24, 2.45) is 11.8 Å². The maximum absolute atomic E-state index is 11.8. The van der Waals surface area contributed by atoms with Gasteiger partial charge in [0.2, 0.25) is 11.8 Å². The number of aromatic amines is 1. The fraction of sp³-hybridized carbons (Fsp3) is 0.387. The van der Waals surface area contributed by atoms with Gasteiger partial charge in [0.25, 0.3) is 0 Å². The number of fused-ring (bicyclic) bond motifs is 1. The number of anilines is 1. The van der Waals surface area contributed by atoms with Gasteiger partial charge in [0, 0.05) is 31.0 Å². The Balaban J connectivity index is 1.45. The summed E-state index contributed by atoms with van der Waals surface area (Å²) in [6, 6.07) is 14.2. The van der Waals surface area contributed by atoms with Crippen LogP contribution in [0.15, 0.2) is 64.2 Å². The number of hydrogen-bond acceptors (Lipinski definition) is 8. The molecular formula is C31H32ClN7O3. The van der Waals surface area contributed by atoms with Gasteiger partial charge in [-0.1, -0.05) is 66.9 Å². The maximum atomic E-state index is 11.8. The number of pyridine rings is 2. The summed E-state index contributed by atoms with van der Waals surface area (Å²) in [6.07, 6.45) is 8.15. The predicted molar refractivity (Wildman–Crippen MR) is 160 cm³/mol. The number of nitrogens with zero attached hydrogens (tertiary/aromatic N) is 6. The summed E-state index contributed by atoms with van der Waals surface area (Å²) in [4.78, 5) is 31.5. The summed E-state index contributed by atoms with van der Waals surface area (Å²) in [7, 11) is 0. The Bertz CT molecular complexity index is 1760. The summed E-state index contributed by atoms with van der Waals surface area (Å²) in [5.41, 5.74) is 4.71. The van der Waals surface area contributed by atoms with Crippen molar-refractivity contribution in [3.05, 3.63) is 76.0 Å². The van der Waals surface area contributed by atoms with E-state index in [0.717, 1.165) is 35.0 Å². The smallest absolute Gasteiger partial charge is 0.377 e. The Kier molecular flexibility index (Phi) is 7.25. The van der Waals surface area contributed by atoms with E-state index < -0.39 is 5.76 Å². The van der Waals surface area contributed by atoms with Crippen LogP contribution in [0.2, 0.25) is 5.02 Å². The van der Waals surface area contributed by atoms with E-state index in [2.05, 4.69) is 55.8 Å². The molecule has 0 bridgehead atoms. The van der Waals surface area contributed by atoms with Crippen molar-refractivity contribution in [2.75, 3.05) is 24.7 Å². The van der Waals surface area contributed by atoms with Gasteiger partial charge in [0.1, 0.15) is 5.69 Å². The van der Waals surface area contributed by atoms with Crippen LogP contribution < -0.4 is 10.7 Å². The molecule has 1 aliphatic heterocycles. The molecule has 0 spiro atoms. The van der Waals surface area contributed by atoms with E-state index in [1.807, 2.05) is 18.2 Å². The molecule has 216 valence electrons. The Morgan fingerprint density at radius 2 is 1.90 bits per heavy atom. The number of halogens is 1. The fourth-order valence-electron chi connectivity index (χ4n) is 6.30. The standard InChI is InChI=1S/C31H32ClN7O3/c1-19-7-9-20(10-8-19)17-39-28-24(35-30(39)38-11-12-41-18-26(38)21-5-3-2-4-6-21)14-25(29-36-31(40)42-37-29)34-27(28)22-13-23(32)16-33-15-22/h2-6,13-16,19-20,26H,7-12,17-18H2,1H3,(H,36,37,40)/t19-,20-,26-/m0/s1. The summed E-state index contributed by atoms with van der Waals surface area (Å²) in [5, 5.41) is 4.41. The molecule has 1 atom stereocenters. The average molecular weight is 586 g/mol. The number of imidazole rings is 1. The van der Waals surface area contributed by atoms with E-state index in [-0.39, 0.29) is 11.9 Å². The number of aromatic nitrogens is 6. The number of H-pyrrole nitrogens is 1. The average Bonchev–Trinajstić information content (AvgIpc) is 3.62. The highest BCUT2D eigenvalue weighted by atomic mass is 35.5. The molecule has 2 fully saturated rings. The zero-order valence-electron chi connectivity index (χ0n) is 23.4. The van der Waals surface area contributed by atoms with Crippen molar-refractivity contribution >= 4 is 28.6 Å². The van der Waals surface area contributed by atoms with Crippen LogP contribution in [0.4, 0.5) is 5.95 Å². The molecule has 1 aliphatic carbocycles. The van der Waals surface area contributed by atoms with Gasteiger partial charge in [-0.15, -0.1) is 0 Å². The minimum atomic E-state index is -0.644. The van der Waals surface area contributed by atoms with Gasteiger partial charge in [-0.2, -0.15) is 0 Å². The number of rotatable bonds is 6. The van der Waals surface area contributed by atoms with Gasteiger partial charge < -0.3 is 14.2 Å². The lowest BCUT2D eigenvalue weighted by atomic mass is 9.83. The third-order valence-electron chi connectivity index (χ3n) is 8.51. The first kappa shape index (κ1) is 26.9. The first-order valence-electron chi connectivity index (χ1n) is 14.5. The highest BCUT2D eigenvalue weighted by Gasteiger charge is 2.32. The normalized spacial score (nSPS) is 21.2. The number of ether oxygens (including phenoxy) is 1. The molecule has 0 radical (unpaired) electrons. The molecule has 1 saturated heterocycles. The molecule has 5 aromatic rings. The lowest BCUT2D eigenvalue weighted by Crippen LogP contribution is -2.41. The van der Waals surface area contributed by atoms with Crippen molar-refractivity contribution < 1.29 is 9.26 Å². The first-order valence-corrected chi connectivity index (χ1v) is 14.9. The van der Waals surface area contributed by atoms with Gasteiger partial charge in [0.15, 0.2) is 0 Å². The van der Waals surface area contributed by atoms with E-state index in [9.17, 15) is 4.79 Å². The second kappa shape index (κ2) is 11.3. The molecule has 5 heterocycles. The summed E-state index contributed by atoms with van der Waals surface area (Å²) >= 11 is 6.42. The Hall–Kier alpha value is -4.02. The third kappa shape index (κ3) is 5.20. The SMILES string of the molecule is C[C@H]1CC[C@H](Cn2c(N3CCOC[C@H]3c3ccccc3)nc3cc(-c4noc(=O)[nH]4)nc(-c4cncc(Cl)c4)c32)CC1. The zero-order valence-corrected chi connectivity index (χ0v) is 24.1. The van der Waals surface area contributed by atoms with Crippen molar-refractivity contribution in [1.29, 1.82) is 0 Å². The second-order valence-electron chi connectivity index (χ2n) is 11.4. The second-order valence-corrected chi connectivity index (χ2v) is 11.8. The summed E-state index contributed by atoms with van der Waals surface area (Å²) in [5.74, 6) is 1.75. The Morgan fingerprint density at radius 3 is 2.67 bits per heavy atom. The van der Waals surface area contributed by atoms with Crippen LogP contribution in [0.3, 0.4) is 0 Å². The summed E-state index contributed by atoms with van der Waals surface area (Å²) in [6.45, 7) is 5.05. The minimum Gasteiger partial charge on any atom is -0.377 e. The Labute approximate surface area is 247 Å². The van der Waals surface area contributed by atoms with E-state index in [0.29, 0.717) is 42.1 Å². The number of nitrogens with one attached hydrogen (secondary N) is 1. The highest BCUT2D eigenvalue weighted by molar-refractivity contribution is 6.30.